The molecule has 1 atom stereocenters. The Morgan fingerprint density at radius 2 is 2.35 bits per heavy atom. The smallest absolute Gasteiger partial charge is 0.296 e. The van der Waals surface area contributed by atoms with Crippen molar-refractivity contribution in [2.45, 2.75) is 31.8 Å². The highest BCUT2D eigenvalue weighted by Crippen LogP contribution is 2.33. The predicted octanol–water partition coefficient (Wildman–Crippen LogP) is 2.20. The number of phenolic OH excluding ortho intramolecular Hbond substituents is 1. The summed E-state index contributed by atoms with van der Waals surface area (Å²) in [7, 11) is 0. The number of carbonyl (C=O) groups excluding carboxylic acids is 1. The second kappa shape index (κ2) is 6.33. The monoisotopic (exact) mass is 280 g/mol. The van der Waals surface area contributed by atoms with Gasteiger partial charge in [-0.25, -0.2) is 0 Å². The second-order valence-corrected chi connectivity index (χ2v) is 4.65. The number of aromatic hydroxyl groups is 1. The Balaban J connectivity index is 1.98. The van der Waals surface area contributed by atoms with Crippen LogP contribution >= 0.6 is 0 Å². The maximum atomic E-state index is 11.8. The molecule has 20 heavy (non-hydrogen) atoms. The van der Waals surface area contributed by atoms with Crippen molar-refractivity contribution in [2.24, 2.45) is 0 Å². The van der Waals surface area contributed by atoms with Crippen molar-refractivity contribution < 1.29 is 19.6 Å². The average Bonchev–Trinajstić information content (AvgIpc) is 2.91. The minimum Gasteiger partial charge on any atom is -0.505 e. The first kappa shape index (κ1) is 14.3. The van der Waals surface area contributed by atoms with Crippen LogP contribution in [0.2, 0.25) is 0 Å². The molecule has 0 aliphatic carbocycles. The molecule has 2 rings (SSSR count). The lowest BCUT2D eigenvalue weighted by molar-refractivity contribution is -0.384. The standard InChI is InChI=1S/C13H16N2O5/c16-11-5-1-4-10(15(18)19)13(11)14-12(17)7-6-9-3-2-8-20-9/h1,4-5,9,16H,2-3,6-8H2,(H,14,17). The number of anilines is 1. The van der Waals surface area contributed by atoms with Gasteiger partial charge in [-0.2, -0.15) is 0 Å². The second-order valence-electron chi connectivity index (χ2n) is 4.65. The average molecular weight is 280 g/mol. The number of nitro groups is 1. The van der Waals surface area contributed by atoms with Crippen molar-refractivity contribution >= 4 is 17.3 Å². The number of nitrogens with one attached hydrogen (secondary N) is 1. The Bertz CT molecular complexity index is 511. The SMILES string of the molecule is O=C(CCC1CCCO1)Nc1c(O)cccc1[N+](=O)[O-]. The summed E-state index contributed by atoms with van der Waals surface area (Å²) in [5.74, 6) is -0.685. The van der Waals surface area contributed by atoms with Crippen molar-refractivity contribution in [1.82, 2.24) is 0 Å². The van der Waals surface area contributed by atoms with E-state index in [2.05, 4.69) is 5.32 Å². The van der Waals surface area contributed by atoms with Gasteiger partial charge in [-0.3, -0.25) is 14.9 Å². The summed E-state index contributed by atoms with van der Waals surface area (Å²) in [6.07, 6.45) is 2.80. The van der Waals surface area contributed by atoms with Crippen LogP contribution in [0.15, 0.2) is 18.2 Å². The van der Waals surface area contributed by atoms with Crippen LogP contribution in [0.4, 0.5) is 11.4 Å². The van der Waals surface area contributed by atoms with Gasteiger partial charge in [-0.05, 0) is 25.3 Å². The van der Waals surface area contributed by atoms with E-state index in [-0.39, 0.29) is 35.6 Å². The lowest BCUT2D eigenvalue weighted by Crippen LogP contribution is -2.16. The van der Waals surface area contributed by atoms with E-state index in [1.807, 2.05) is 0 Å². The summed E-state index contributed by atoms with van der Waals surface area (Å²) < 4.78 is 5.40. The summed E-state index contributed by atoms with van der Waals surface area (Å²) in [4.78, 5) is 22.0. The zero-order valence-electron chi connectivity index (χ0n) is 10.9. The minimum atomic E-state index is -0.643. The number of carbonyl (C=O) groups is 1. The van der Waals surface area contributed by atoms with Crippen LogP contribution in [-0.2, 0) is 9.53 Å². The van der Waals surface area contributed by atoms with Gasteiger partial charge in [-0.15, -0.1) is 0 Å². The highest BCUT2D eigenvalue weighted by molar-refractivity contribution is 5.94. The van der Waals surface area contributed by atoms with E-state index in [9.17, 15) is 20.0 Å². The van der Waals surface area contributed by atoms with Crippen LogP contribution in [0.3, 0.4) is 0 Å². The Morgan fingerprint density at radius 3 is 3.00 bits per heavy atom. The molecular formula is C13H16N2O5. The first-order chi connectivity index (χ1) is 9.58. The Labute approximate surface area is 115 Å². The van der Waals surface area contributed by atoms with Gasteiger partial charge in [0.05, 0.1) is 11.0 Å². The Hall–Kier alpha value is -2.15. The van der Waals surface area contributed by atoms with Crippen molar-refractivity contribution in [3.05, 3.63) is 28.3 Å². The lowest BCUT2D eigenvalue weighted by Gasteiger charge is -2.10. The molecule has 7 nitrogen and oxygen atoms in total. The molecule has 1 aliphatic rings. The molecule has 0 saturated carbocycles. The molecule has 1 unspecified atom stereocenters. The molecule has 108 valence electrons. The first-order valence-corrected chi connectivity index (χ1v) is 6.45. The third-order valence-corrected chi connectivity index (χ3v) is 3.20. The van der Waals surface area contributed by atoms with E-state index in [1.165, 1.54) is 18.2 Å². The van der Waals surface area contributed by atoms with Gasteiger partial charge in [0.2, 0.25) is 5.91 Å². The zero-order chi connectivity index (χ0) is 14.5. The minimum absolute atomic E-state index is 0.0834. The van der Waals surface area contributed by atoms with Crippen LogP contribution < -0.4 is 5.32 Å². The molecule has 1 saturated heterocycles. The number of benzene rings is 1. The van der Waals surface area contributed by atoms with Gasteiger partial charge >= 0.3 is 0 Å². The number of ether oxygens (including phenoxy) is 1. The molecule has 0 bridgehead atoms. The molecule has 1 aliphatic heterocycles. The van der Waals surface area contributed by atoms with E-state index in [0.717, 1.165) is 19.4 Å². The van der Waals surface area contributed by atoms with E-state index in [1.54, 1.807) is 0 Å². The van der Waals surface area contributed by atoms with Crippen molar-refractivity contribution in [2.75, 3.05) is 11.9 Å². The highest BCUT2D eigenvalue weighted by atomic mass is 16.6. The molecule has 2 N–H and O–H groups in total. The maximum Gasteiger partial charge on any atom is 0.296 e. The number of amides is 1. The number of hydrogen-bond donors (Lipinski definition) is 2. The molecule has 1 heterocycles. The van der Waals surface area contributed by atoms with Crippen LogP contribution in [-0.4, -0.2) is 28.6 Å². The Kier molecular flexibility index (Phi) is 4.52. The summed E-state index contributed by atoms with van der Waals surface area (Å²) in [5, 5.41) is 22.9. The molecule has 7 heteroatoms. The van der Waals surface area contributed by atoms with Gasteiger partial charge < -0.3 is 15.2 Å². The van der Waals surface area contributed by atoms with Crippen LogP contribution in [0.5, 0.6) is 5.75 Å². The quantitative estimate of drug-likeness (QED) is 0.489. The summed E-state index contributed by atoms with van der Waals surface area (Å²) in [5.41, 5.74) is -0.481. The van der Waals surface area contributed by atoms with E-state index >= 15 is 0 Å². The molecule has 0 radical (unpaired) electrons. The number of nitro benzene ring substituents is 1. The number of hydrogen-bond acceptors (Lipinski definition) is 5. The van der Waals surface area contributed by atoms with Crippen molar-refractivity contribution in [1.29, 1.82) is 0 Å². The fourth-order valence-corrected chi connectivity index (χ4v) is 2.17. The van der Waals surface area contributed by atoms with E-state index in [0.29, 0.717) is 6.42 Å². The third-order valence-electron chi connectivity index (χ3n) is 3.20. The summed E-state index contributed by atoms with van der Waals surface area (Å²) in [6.45, 7) is 0.719. The van der Waals surface area contributed by atoms with E-state index < -0.39 is 4.92 Å². The number of para-hydroxylation sites is 1. The van der Waals surface area contributed by atoms with Crippen LogP contribution in [0, 0.1) is 10.1 Å². The molecule has 0 spiro atoms. The zero-order valence-corrected chi connectivity index (χ0v) is 10.9. The normalized spacial score (nSPS) is 17.9. The molecule has 1 aromatic carbocycles. The van der Waals surface area contributed by atoms with Crippen LogP contribution in [0.1, 0.15) is 25.7 Å². The van der Waals surface area contributed by atoms with Crippen molar-refractivity contribution in [3.63, 3.8) is 0 Å². The lowest BCUT2D eigenvalue weighted by atomic mass is 10.1. The number of phenols is 1. The Morgan fingerprint density at radius 1 is 1.55 bits per heavy atom. The van der Waals surface area contributed by atoms with Crippen molar-refractivity contribution in [3.8, 4) is 5.75 Å². The van der Waals surface area contributed by atoms with Gasteiger partial charge in [-0.1, -0.05) is 6.07 Å². The molecule has 0 aromatic heterocycles. The van der Waals surface area contributed by atoms with Gasteiger partial charge in [0.1, 0.15) is 5.75 Å². The highest BCUT2D eigenvalue weighted by Gasteiger charge is 2.21. The van der Waals surface area contributed by atoms with Gasteiger partial charge in [0, 0.05) is 19.1 Å². The fraction of sp³-hybridized carbons (Fsp3) is 0.462. The molecule has 1 fully saturated rings. The summed E-state index contributed by atoms with van der Waals surface area (Å²) in [6, 6.07) is 3.88. The molecular weight excluding hydrogens is 264 g/mol. The van der Waals surface area contributed by atoms with E-state index in [4.69, 9.17) is 4.74 Å². The maximum absolute atomic E-state index is 11.8. The number of nitrogens with zero attached hydrogens (tertiary/aromatic N) is 1. The molecule has 1 amide bonds. The summed E-state index contributed by atoms with van der Waals surface area (Å²) >= 11 is 0. The number of rotatable bonds is 5. The fourth-order valence-electron chi connectivity index (χ4n) is 2.17. The largest absolute Gasteiger partial charge is 0.505 e. The predicted molar refractivity (Wildman–Crippen MR) is 71.6 cm³/mol. The first-order valence-electron chi connectivity index (χ1n) is 6.45. The van der Waals surface area contributed by atoms with Crippen LogP contribution in [0.25, 0.3) is 0 Å². The molecule has 1 aromatic rings. The van der Waals surface area contributed by atoms with Gasteiger partial charge in [0.15, 0.2) is 5.69 Å². The van der Waals surface area contributed by atoms with Gasteiger partial charge in [0.25, 0.3) is 5.69 Å². The third kappa shape index (κ3) is 3.45. The topological polar surface area (TPSA) is 102 Å².